The molecule has 3 heteroatoms. The SMILES string of the molecule is Cc1cc([S+](C)[O-])co1. The van der Waals surface area contributed by atoms with Crippen LogP contribution < -0.4 is 0 Å². The van der Waals surface area contributed by atoms with Gasteiger partial charge >= 0.3 is 0 Å². The van der Waals surface area contributed by atoms with Gasteiger partial charge in [-0.3, -0.25) is 0 Å². The Morgan fingerprint density at radius 2 is 2.33 bits per heavy atom. The maximum Gasteiger partial charge on any atom is 0.190 e. The van der Waals surface area contributed by atoms with Crippen molar-refractivity contribution in [2.75, 3.05) is 6.26 Å². The molecule has 0 saturated heterocycles. The van der Waals surface area contributed by atoms with Crippen LogP contribution in [0, 0.1) is 6.92 Å². The van der Waals surface area contributed by atoms with E-state index >= 15 is 0 Å². The summed E-state index contributed by atoms with van der Waals surface area (Å²) in [4.78, 5) is 0.757. The zero-order chi connectivity index (χ0) is 6.85. The van der Waals surface area contributed by atoms with Gasteiger partial charge in [-0.2, -0.15) is 0 Å². The summed E-state index contributed by atoms with van der Waals surface area (Å²) in [5, 5.41) is 0. The molecule has 0 aliphatic heterocycles. The van der Waals surface area contributed by atoms with Gasteiger partial charge in [0.05, 0.1) is 0 Å². The molecule has 1 aromatic heterocycles. The van der Waals surface area contributed by atoms with Crippen molar-refractivity contribution in [1.82, 2.24) is 0 Å². The quantitative estimate of drug-likeness (QED) is 0.557. The molecule has 2 nitrogen and oxygen atoms in total. The lowest BCUT2D eigenvalue weighted by atomic mass is 10.5. The standard InChI is InChI=1S/C6H8O2S/c1-5-3-6(4-8-5)9(2)7/h3-4H,1-2H3. The number of rotatable bonds is 1. The first-order valence-electron chi connectivity index (χ1n) is 2.58. The lowest BCUT2D eigenvalue weighted by Crippen LogP contribution is -1.93. The van der Waals surface area contributed by atoms with Crippen molar-refractivity contribution in [2.45, 2.75) is 11.8 Å². The summed E-state index contributed by atoms with van der Waals surface area (Å²) in [6, 6.07) is 1.77. The summed E-state index contributed by atoms with van der Waals surface area (Å²) in [5.74, 6) is 0.806. The molecule has 0 fully saturated rings. The molecule has 1 atom stereocenters. The van der Waals surface area contributed by atoms with Gasteiger partial charge in [0, 0.05) is 6.07 Å². The highest BCUT2D eigenvalue weighted by molar-refractivity contribution is 7.90. The number of hydrogen-bond donors (Lipinski definition) is 0. The van der Waals surface area contributed by atoms with Crippen LogP contribution in [0.2, 0.25) is 0 Å². The predicted octanol–water partition coefficient (Wildman–Crippen LogP) is 1.33. The fourth-order valence-corrected chi connectivity index (χ4v) is 1.09. The van der Waals surface area contributed by atoms with Crippen LogP contribution in [0.3, 0.4) is 0 Å². The molecule has 50 valence electrons. The smallest absolute Gasteiger partial charge is 0.190 e. The molecule has 0 aliphatic carbocycles. The normalized spacial score (nSPS) is 13.7. The molecule has 0 saturated carbocycles. The molecule has 0 aromatic carbocycles. The highest BCUT2D eigenvalue weighted by atomic mass is 32.2. The van der Waals surface area contributed by atoms with E-state index in [1.54, 1.807) is 12.3 Å². The third-order valence-corrected chi connectivity index (χ3v) is 1.92. The van der Waals surface area contributed by atoms with Crippen LogP contribution >= 0.6 is 0 Å². The first-order valence-corrected chi connectivity index (χ1v) is 4.14. The lowest BCUT2D eigenvalue weighted by molar-refractivity contribution is 0.528. The largest absolute Gasteiger partial charge is 0.612 e. The number of hydrogen-bond acceptors (Lipinski definition) is 2. The average molecular weight is 144 g/mol. The Labute approximate surface area is 57.1 Å². The number of aryl methyl sites for hydroxylation is 1. The Kier molecular flexibility index (Phi) is 1.83. The molecule has 0 aliphatic rings. The van der Waals surface area contributed by atoms with E-state index in [2.05, 4.69) is 0 Å². The zero-order valence-corrected chi connectivity index (χ0v) is 6.20. The maximum atomic E-state index is 10.7. The second kappa shape index (κ2) is 2.45. The van der Waals surface area contributed by atoms with E-state index in [0.717, 1.165) is 10.7 Å². The second-order valence-electron chi connectivity index (χ2n) is 1.85. The van der Waals surface area contributed by atoms with Crippen LogP contribution in [-0.4, -0.2) is 10.8 Å². The molecule has 9 heavy (non-hydrogen) atoms. The Hall–Kier alpha value is -0.410. The summed E-state index contributed by atoms with van der Waals surface area (Å²) >= 11 is -0.902. The molecule has 0 spiro atoms. The van der Waals surface area contributed by atoms with Crippen molar-refractivity contribution < 1.29 is 8.97 Å². The molecule has 0 radical (unpaired) electrons. The molecule has 0 N–H and O–H groups in total. The van der Waals surface area contributed by atoms with E-state index < -0.39 is 11.2 Å². The van der Waals surface area contributed by atoms with E-state index in [1.807, 2.05) is 6.92 Å². The first-order chi connectivity index (χ1) is 4.20. The van der Waals surface area contributed by atoms with Gasteiger partial charge in [0.1, 0.15) is 18.3 Å². The Bertz CT molecular complexity index is 193. The van der Waals surface area contributed by atoms with Crippen molar-refractivity contribution in [3.63, 3.8) is 0 Å². The van der Waals surface area contributed by atoms with Crippen LogP contribution in [0.5, 0.6) is 0 Å². The summed E-state index contributed by atoms with van der Waals surface area (Å²) in [6.07, 6.45) is 3.15. The topological polar surface area (TPSA) is 36.2 Å². The molecule has 1 unspecified atom stereocenters. The Morgan fingerprint density at radius 1 is 1.67 bits per heavy atom. The molecule has 1 rings (SSSR count). The summed E-state index contributed by atoms with van der Waals surface area (Å²) in [6.45, 7) is 1.83. The molecule has 1 aromatic rings. The Balaban J connectivity index is 2.85. The monoisotopic (exact) mass is 144 g/mol. The third-order valence-electron chi connectivity index (χ3n) is 1.04. The summed E-state index contributed by atoms with van der Waals surface area (Å²) < 4.78 is 15.6. The van der Waals surface area contributed by atoms with Crippen LogP contribution in [0.1, 0.15) is 5.76 Å². The third kappa shape index (κ3) is 1.50. The molecular weight excluding hydrogens is 136 g/mol. The highest BCUT2D eigenvalue weighted by Crippen LogP contribution is 2.11. The van der Waals surface area contributed by atoms with Crippen molar-refractivity contribution in [2.24, 2.45) is 0 Å². The minimum absolute atomic E-state index is 0.757. The van der Waals surface area contributed by atoms with E-state index in [-0.39, 0.29) is 0 Å². The fraction of sp³-hybridized carbons (Fsp3) is 0.333. The predicted molar refractivity (Wildman–Crippen MR) is 35.8 cm³/mol. The van der Waals surface area contributed by atoms with Gasteiger partial charge in [0.15, 0.2) is 4.90 Å². The van der Waals surface area contributed by atoms with Gasteiger partial charge in [-0.1, -0.05) is 0 Å². The molecular formula is C6H8O2S. The molecule has 0 bridgehead atoms. The second-order valence-corrected chi connectivity index (χ2v) is 3.23. The average Bonchev–Trinajstić information content (AvgIpc) is 2.14. The van der Waals surface area contributed by atoms with Gasteiger partial charge in [-0.05, 0) is 18.1 Å². The highest BCUT2D eigenvalue weighted by Gasteiger charge is 2.05. The number of furan rings is 1. The van der Waals surface area contributed by atoms with Crippen molar-refractivity contribution in [3.05, 3.63) is 18.1 Å². The lowest BCUT2D eigenvalue weighted by Gasteiger charge is -1.96. The van der Waals surface area contributed by atoms with Gasteiger partial charge in [0.2, 0.25) is 0 Å². The summed E-state index contributed by atoms with van der Waals surface area (Å²) in [7, 11) is 0. The summed E-state index contributed by atoms with van der Waals surface area (Å²) in [5.41, 5.74) is 0. The van der Waals surface area contributed by atoms with Crippen LogP contribution in [0.15, 0.2) is 21.6 Å². The van der Waals surface area contributed by atoms with E-state index in [0.29, 0.717) is 0 Å². The Morgan fingerprint density at radius 3 is 2.56 bits per heavy atom. The molecule has 1 heterocycles. The van der Waals surface area contributed by atoms with E-state index in [9.17, 15) is 4.55 Å². The van der Waals surface area contributed by atoms with Gasteiger partial charge < -0.3 is 8.97 Å². The van der Waals surface area contributed by atoms with Crippen molar-refractivity contribution in [1.29, 1.82) is 0 Å². The van der Waals surface area contributed by atoms with Gasteiger partial charge in [-0.15, -0.1) is 0 Å². The van der Waals surface area contributed by atoms with Gasteiger partial charge in [-0.25, -0.2) is 0 Å². The zero-order valence-electron chi connectivity index (χ0n) is 5.38. The minimum atomic E-state index is -0.902. The molecule has 0 amide bonds. The van der Waals surface area contributed by atoms with Crippen LogP contribution in [0.4, 0.5) is 0 Å². The van der Waals surface area contributed by atoms with Crippen molar-refractivity contribution in [3.8, 4) is 0 Å². The van der Waals surface area contributed by atoms with Gasteiger partial charge in [0.25, 0.3) is 0 Å². The van der Waals surface area contributed by atoms with E-state index in [1.165, 1.54) is 6.26 Å². The van der Waals surface area contributed by atoms with Crippen LogP contribution in [-0.2, 0) is 11.2 Å². The van der Waals surface area contributed by atoms with Crippen molar-refractivity contribution >= 4 is 11.2 Å². The first kappa shape index (κ1) is 6.71. The van der Waals surface area contributed by atoms with Crippen LogP contribution in [0.25, 0.3) is 0 Å². The maximum absolute atomic E-state index is 10.7. The fourth-order valence-electron chi connectivity index (χ4n) is 0.570. The minimum Gasteiger partial charge on any atom is -0.612 e. The van der Waals surface area contributed by atoms with E-state index in [4.69, 9.17) is 4.42 Å².